The number of carbonyl (C=O) groups excluding carboxylic acids is 2. The van der Waals surface area contributed by atoms with E-state index in [1.165, 1.54) is 0 Å². The maximum absolute atomic E-state index is 12.7. The predicted octanol–water partition coefficient (Wildman–Crippen LogP) is 4.77. The van der Waals surface area contributed by atoms with Crippen LogP contribution in [0.3, 0.4) is 0 Å². The van der Waals surface area contributed by atoms with E-state index in [1.807, 2.05) is 19.9 Å². The van der Waals surface area contributed by atoms with Crippen LogP contribution < -0.4 is 0 Å². The van der Waals surface area contributed by atoms with Gasteiger partial charge in [-0.15, -0.1) is 6.58 Å². The number of oxime groups is 1. The van der Waals surface area contributed by atoms with Crippen molar-refractivity contribution in [1.82, 2.24) is 4.90 Å². The molecular formula is C25H33ClN2O6. The standard InChI is InChI=1S/C25H33ClN2O6/c1-4-5-13-33-25(32)23-19(24(26)21(30)15-20(23)29)14-18(10-9-17(2)3)27-34-16-22(31)28-11-7-6-8-12-28/h4,9,15,29-30H,1,5-8,10-14,16H2,2-3H3/b27-18+. The molecule has 0 spiro atoms. The van der Waals surface area contributed by atoms with Crippen molar-refractivity contribution in [2.24, 2.45) is 5.16 Å². The van der Waals surface area contributed by atoms with E-state index in [1.54, 1.807) is 11.0 Å². The SMILES string of the molecule is C=CCCOC(=O)c1c(O)cc(O)c(Cl)c1C/C(CC=C(C)C)=N/OCC(=O)N1CCCCC1. The molecule has 1 saturated heterocycles. The lowest BCUT2D eigenvalue weighted by Crippen LogP contribution is -2.37. The van der Waals surface area contributed by atoms with Crippen LogP contribution in [-0.4, -0.2) is 59.0 Å². The third kappa shape index (κ3) is 8.09. The fraction of sp³-hybridized carbons (Fsp3) is 0.480. The Labute approximate surface area is 205 Å². The van der Waals surface area contributed by atoms with Gasteiger partial charge in [0, 0.05) is 32.0 Å². The number of piperidine rings is 1. The molecule has 9 heteroatoms. The van der Waals surface area contributed by atoms with Crippen molar-refractivity contribution < 1.29 is 29.4 Å². The maximum Gasteiger partial charge on any atom is 0.342 e. The fourth-order valence-electron chi connectivity index (χ4n) is 3.47. The number of phenolic OH excluding ortho intramolecular Hbond substituents is 2. The monoisotopic (exact) mass is 492 g/mol. The molecule has 0 aliphatic carbocycles. The summed E-state index contributed by atoms with van der Waals surface area (Å²) in [7, 11) is 0. The zero-order chi connectivity index (χ0) is 25.1. The average molecular weight is 493 g/mol. The van der Waals surface area contributed by atoms with Gasteiger partial charge in [0.25, 0.3) is 5.91 Å². The third-order valence-electron chi connectivity index (χ3n) is 5.30. The number of allylic oxidation sites excluding steroid dienone is 2. The number of rotatable bonds is 11. The first-order chi connectivity index (χ1) is 16.2. The van der Waals surface area contributed by atoms with Crippen LogP contribution in [0.2, 0.25) is 5.02 Å². The van der Waals surface area contributed by atoms with E-state index in [0.29, 0.717) is 31.6 Å². The summed E-state index contributed by atoms with van der Waals surface area (Å²) in [5.41, 5.74) is 1.50. The van der Waals surface area contributed by atoms with Crippen LogP contribution in [0.15, 0.2) is 35.5 Å². The topological polar surface area (TPSA) is 109 Å². The highest BCUT2D eigenvalue weighted by Crippen LogP contribution is 2.37. The Balaban J connectivity index is 2.27. The van der Waals surface area contributed by atoms with Crippen LogP contribution in [0, 0.1) is 0 Å². The molecular weight excluding hydrogens is 460 g/mol. The molecule has 1 heterocycles. The summed E-state index contributed by atoms with van der Waals surface area (Å²) in [5.74, 6) is -1.74. The van der Waals surface area contributed by atoms with Gasteiger partial charge in [0.15, 0.2) is 6.61 Å². The molecule has 0 aromatic heterocycles. The first kappa shape index (κ1) is 27.2. The van der Waals surface area contributed by atoms with E-state index >= 15 is 0 Å². The number of benzene rings is 1. The lowest BCUT2D eigenvalue weighted by atomic mass is 9.98. The van der Waals surface area contributed by atoms with Gasteiger partial charge in [0.2, 0.25) is 0 Å². The minimum absolute atomic E-state index is 0.00559. The van der Waals surface area contributed by atoms with Gasteiger partial charge in [-0.05, 0) is 45.1 Å². The molecule has 8 nitrogen and oxygen atoms in total. The number of carbonyl (C=O) groups is 2. The van der Waals surface area contributed by atoms with E-state index in [4.69, 9.17) is 21.2 Å². The largest absolute Gasteiger partial charge is 0.507 e. The number of phenols is 2. The molecule has 1 aliphatic heterocycles. The summed E-state index contributed by atoms with van der Waals surface area (Å²) < 4.78 is 5.20. The molecule has 1 amide bonds. The first-order valence-electron chi connectivity index (χ1n) is 11.3. The van der Waals surface area contributed by atoms with Crippen LogP contribution in [0.4, 0.5) is 0 Å². The van der Waals surface area contributed by atoms with E-state index in [-0.39, 0.29) is 47.4 Å². The molecule has 1 aromatic rings. The van der Waals surface area contributed by atoms with Crippen LogP contribution in [-0.2, 0) is 20.8 Å². The van der Waals surface area contributed by atoms with Crippen LogP contribution in [0.1, 0.15) is 61.9 Å². The van der Waals surface area contributed by atoms with Crippen LogP contribution in [0.25, 0.3) is 0 Å². The number of aromatic hydroxyl groups is 2. The van der Waals surface area contributed by atoms with Crippen molar-refractivity contribution in [1.29, 1.82) is 0 Å². The lowest BCUT2D eigenvalue weighted by Gasteiger charge is -2.26. The molecule has 186 valence electrons. The number of ether oxygens (including phenoxy) is 1. The molecule has 0 bridgehead atoms. The Hall–Kier alpha value is -3.00. The third-order valence-corrected chi connectivity index (χ3v) is 5.72. The second kappa shape index (κ2) is 13.6. The lowest BCUT2D eigenvalue weighted by molar-refractivity contribution is -0.137. The van der Waals surface area contributed by atoms with Crippen molar-refractivity contribution in [3.8, 4) is 11.5 Å². The second-order valence-corrected chi connectivity index (χ2v) is 8.71. The van der Waals surface area contributed by atoms with Gasteiger partial charge < -0.3 is 24.7 Å². The molecule has 1 aliphatic rings. The van der Waals surface area contributed by atoms with Crippen molar-refractivity contribution >= 4 is 29.2 Å². The van der Waals surface area contributed by atoms with Gasteiger partial charge in [0.05, 0.1) is 17.3 Å². The highest BCUT2D eigenvalue weighted by Gasteiger charge is 2.25. The average Bonchev–Trinajstić information content (AvgIpc) is 2.81. The van der Waals surface area contributed by atoms with Gasteiger partial charge in [-0.3, -0.25) is 4.79 Å². The van der Waals surface area contributed by atoms with Crippen molar-refractivity contribution in [2.75, 3.05) is 26.3 Å². The zero-order valence-electron chi connectivity index (χ0n) is 19.8. The molecule has 1 fully saturated rings. The summed E-state index contributed by atoms with van der Waals surface area (Å²) >= 11 is 6.31. The number of halogens is 1. The van der Waals surface area contributed by atoms with E-state index in [2.05, 4.69) is 11.7 Å². The smallest absolute Gasteiger partial charge is 0.342 e. The minimum atomic E-state index is -0.779. The molecule has 2 rings (SSSR count). The summed E-state index contributed by atoms with van der Waals surface area (Å²) in [6.45, 7) is 8.74. The van der Waals surface area contributed by atoms with Crippen LogP contribution in [0.5, 0.6) is 11.5 Å². The number of hydrogen-bond donors (Lipinski definition) is 2. The molecule has 1 aromatic carbocycles. The van der Waals surface area contributed by atoms with Crippen LogP contribution >= 0.6 is 11.6 Å². The number of likely N-dealkylation sites (tertiary alicyclic amines) is 1. The Kier molecular flexibility index (Phi) is 10.9. The predicted molar refractivity (Wildman–Crippen MR) is 131 cm³/mol. The number of nitrogens with zero attached hydrogens (tertiary/aromatic N) is 2. The quantitative estimate of drug-likeness (QED) is 0.151. The van der Waals surface area contributed by atoms with Gasteiger partial charge in [0.1, 0.15) is 17.1 Å². The van der Waals surface area contributed by atoms with Crippen molar-refractivity contribution in [3.05, 3.63) is 46.5 Å². The Morgan fingerprint density at radius 2 is 1.91 bits per heavy atom. The van der Waals surface area contributed by atoms with Crippen molar-refractivity contribution in [2.45, 2.75) is 52.4 Å². The number of esters is 1. The number of hydrogen-bond acceptors (Lipinski definition) is 7. The van der Waals surface area contributed by atoms with E-state index < -0.39 is 11.7 Å². The highest BCUT2D eigenvalue weighted by molar-refractivity contribution is 6.33. The molecule has 34 heavy (non-hydrogen) atoms. The number of amides is 1. The Morgan fingerprint density at radius 3 is 2.56 bits per heavy atom. The minimum Gasteiger partial charge on any atom is -0.507 e. The van der Waals surface area contributed by atoms with Gasteiger partial charge >= 0.3 is 5.97 Å². The van der Waals surface area contributed by atoms with E-state index in [0.717, 1.165) is 30.9 Å². The molecule has 2 N–H and O–H groups in total. The van der Waals surface area contributed by atoms with Crippen molar-refractivity contribution in [3.63, 3.8) is 0 Å². The van der Waals surface area contributed by atoms with Gasteiger partial charge in [-0.2, -0.15) is 0 Å². The summed E-state index contributed by atoms with van der Waals surface area (Å²) in [4.78, 5) is 32.2. The Bertz CT molecular complexity index is 947. The Morgan fingerprint density at radius 1 is 1.21 bits per heavy atom. The molecule has 0 atom stereocenters. The van der Waals surface area contributed by atoms with Gasteiger partial charge in [-0.25, -0.2) is 4.79 Å². The second-order valence-electron chi connectivity index (χ2n) is 8.33. The summed E-state index contributed by atoms with van der Waals surface area (Å²) in [5, 5.41) is 24.6. The molecule has 0 saturated carbocycles. The zero-order valence-corrected chi connectivity index (χ0v) is 20.6. The normalized spacial score (nSPS) is 13.9. The summed E-state index contributed by atoms with van der Waals surface area (Å²) in [6, 6.07) is 0.997. The van der Waals surface area contributed by atoms with E-state index in [9.17, 15) is 19.8 Å². The maximum atomic E-state index is 12.7. The molecule has 0 unspecified atom stereocenters. The van der Waals surface area contributed by atoms with Gasteiger partial charge in [-0.1, -0.05) is 34.5 Å². The molecule has 0 radical (unpaired) electrons. The first-order valence-corrected chi connectivity index (χ1v) is 11.7. The summed E-state index contributed by atoms with van der Waals surface area (Å²) in [6.07, 6.45) is 7.38. The highest BCUT2D eigenvalue weighted by atomic mass is 35.5. The fourth-order valence-corrected chi connectivity index (χ4v) is 3.68.